The number of piperidine rings is 1. The van der Waals surface area contributed by atoms with Gasteiger partial charge in [0.15, 0.2) is 0 Å². The van der Waals surface area contributed by atoms with E-state index in [0.29, 0.717) is 30.2 Å². The normalized spacial score (nSPS) is 33.3. The van der Waals surface area contributed by atoms with Gasteiger partial charge >= 0.3 is 12.0 Å². The first kappa shape index (κ1) is 16.1. The largest absolute Gasteiger partial charge is 0.481 e. The zero-order chi connectivity index (χ0) is 15.6. The van der Waals surface area contributed by atoms with Crippen molar-refractivity contribution in [1.29, 1.82) is 0 Å². The highest BCUT2D eigenvalue weighted by Crippen LogP contribution is 2.29. The minimum absolute atomic E-state index is 0.152. The van der Waals surface area contributed by atoms with E-state index in [0.717, 1.165) is 26.1 Å². The molecule has 0 bridgehead atoms. The maximum absolute atomic E-state index is 12.7. The lowest BCUT2D eigenvalue weighted by molar-refractivity contribution is -0.137. The second-order valence-corrected chi connectivity index (χ2v) is 7.03. The van der Waals surface area contributed by atoms with Gasteiger partial charge in [-0.3, -0.25) is 4.79 Å². The van der Waals surface area contributed by atoms with E-state index in [-0.39, 0.29) is 12.5 Å². The van der Waals surface area contributed by atoms with Crippen LogP contribution in [0.3, 0.4) is 0 Å². The Morgan fingerprint density at radius 1 is 1.19 bits per heavy atom. The van der Waals surface area contributed by atoms with Gasteiger partial charge in [0.1, 0.15) is 0 Å². The summed E-state index contributed by atoms with van der Waals surface area (Å²) < 4.78 is 0. The maximum Gasteiger partial charge on any atom is 0.320 e. The van der Waals surface area contributed by atoms with Gasteiger partial charge in [-0.1, -0.05) is 13.8 Å². The number of carbonyl (C=O) groups is 2. The molecular formula is C16H28N2O3. The number of carbonyl (C=O) groups excluding carboxylic acids is 1. The summed E-state index contributed by atoms with van der Waals surface area (Å²) in [5.41, 5.74) is 0. The van der Waals surface area contributed by atoms with Crippen molar-refractivity contribution in [2.45, 2.75) is 52.5 Å². The fourth-order valence-corrected chi connectivity index (χ4v) is 3.72. The Morgan fingerprint density at radius 2 is 1.90 bits per heavy atom. The molecule has 0 aromatic rings. The van der Waals surface area contributed by atoms with E-state index in [4.69, 9.17) is 5.11 Å². The molecule has 2 rings (SSSR count). The molecular weight excluding hydrogens is 268 g/mol. The van der Waals surface area contributed by atoms with Crippen LogP contribution in [0.2, 0.25) is 0 Å². The van der Waals surface area contributed by atoms with Gasteiger partial charge in [0.25, 0.3) is 0 Å². The van der Waals surface area contributed by atoms with Gasteiger partial charge in [-0.25, -0.2) is 4.79 Å². The van der Waals surface area contributed by atoms with Crippen LogP contribution in [0.1, 0.15) is 46.5 Å². The highest BCUT2D eigenvalue weighted by Gasteiger charge is 2.36. The third-order valence-corrected chi connectivity index (χ3v) is 5.17. The summed E-state index contributed by atoms with van der Waals surface area (Å²) in [7, 11) is 0. The van der Waals surface area contributed by atoms with Crippen LogP contribution in [0.4, 0.5) is 4.79 Å². The molecule has 4 unspecified atom stereocenters. The van der Waals surface area contributed by atoms with Gasteiger partial charge in [0, 0.05) is 32.1 Å². The SMILES string of the molecule is CC1CC(C)C(C)N(C(=O)N2CCC(CCC(=O)O)C2)C1. The number of carboxylic acid groups (broad SMARTS) is 1. The van der Waals surface area contributed by atoms with E-state index < -0.39 is 5.97 Å². The van der Waals surface area contributed by atoms with Crippen LogP contribution >= 0.6 is 0 Å². The highest BCUT2D eigenvalue weighted by molar-refractivity contribution is 5.75. The van der Waals surface area contributed by atoms with Crippen molar-refractivity contribution in [2.24, 2.45) is 17.8 Å². The van der Waals surface area contributed by atoms with Crippen LogP contribution in [0.5, 0.6) is 0 Å². The van der Waals surface area contributed by atoms with Crippen LogP contribution in [0, 0.1) is 17.8 Å². The molecule has 21 heavy (non-hydrogen) atoms. The van der Waals surface area contributed by atoms with Crippen molar-refractivity contribution >= 4 is 12.0 Å². The first-order valence-corrected chi connectivity index (χ1v) is 8.15. The molecule has 0 spiro atoms. The number of likely N-dealkylation sites (tertiary alicyclic amines) is 2. The molecule has 0 aliphatic carbocycles. The topological polar surface area (TPSA) is 60.9 Å². The predicted octanol–water partition coefficient (Wildman–Crippen LogP) is 2.66. The van der Waals surface area contributed by atoms with E-state index in [9.17, 15) is 9.59 Å². The molecule has 2 heterocycles. The van der Waals surface area contributed by atoms with Crippen LogP contribution in [0.15, 0.2) is 0 Å². The van der Waals surface area contributed by atoms with Crippen molar-refractivity contribution < 1.29 is 14.7 Å². The maximum atomic E-state index is 12.7. The molecule has 0 aromatic carbocycles. The lowest BCUT2D eigenvalue weighted by Crippen LogP contribution is -2.53. The van der Waals surface area contributed by atoms with E-state index >= 15 is 0 Å². The van der Waals surface area contributed by atoms with Crippen LogP contribution in [0.25, 0.3) is 0 Å². The van der Waals surface area contributed by atoms with E-state index in [1.807, 2.05) is 9.80 Å². The summed E-state index contributed by atoms with van der Waals surface area (Å²) in [5, 5.41) is 8.76. The molecule has 1 N–H and O–H groups in total. The molecule has 0 saturated carbocycles. The minimum Gasteiger partial charge on any atom is -0.481 e. The number of rotatable bonds is 3. The van der Waals surface area contributed by atoms with Gasteiger partial charge < -0.3 is 14.9 Å². The molecule has 2 aliphatic heterocycles. The zero-order valence-corrected chi connectivity index (χ0v) is 13.4. The number of nitrogens with zero attached hydrogens (tertiary/aromatic N) is 2. The average molecular weight is 296 g/mol. The zero-order valence-electron chi connectivity index (χ0n) is 13.4. The summed E-state index contributed by atoms with van der Waals surface area (Å²) in [6, 6.07) is 0.450. The summed E-state index contributed by atoms with van der Waals surface area (Å²) in [5.74, 6) is 0.709. The second-order valence-electron chi connectivity index (χ2n) is 7.03. The Kier molecular flexibility index (Phi) is 5.12. The van der Waals surface area contributed by atoms with Gasteiger partial charge in [-0.15, -0.1) is 0 Å². The Morgan fingerprint density at radius 3 is 2.57 bits per heavy atom. The molecule has 2 saturated heterocycles. The molecule has 2 amide bonds. The van der Waals surface area contributed by atoms with Gasteiger partial charge in [-0.2, -0.15) is 0 Å². The molecule has 2 fully saturated rings. The number of amides is 2. The van der Waals surface area contributed by atoms with Crippen molar-refractivity contribution in [2.75, 3.05) is 19.6 Å². The Hall–Kier alpha value is -1.26. The summed E-state index contributed by atoms with van der Waals surface area (Å²) in [6.45, 7) is 8.92. The van der Waals surface area contributed by atoms with Gasteiger partial charge in [0.2, 0.25) is 0 Å². The molecule has 4 atom stereocenters. The van der Waals surface area contributed by atoms with Crippen LogP contribution in [-0.2, 0) is 4.79 Å². The van der Waals surface area contributed by atoms with Crippen molar-refractivity contribution in [3.63, 3.8) is 0 Å². The number of aliphatic carboxylic acids is 1. The van der Waals surface area contributed by atoms with E-state index in [1.54, 1.807) is 0 Å². The third-order valence-electron chi connectivity index (χ3n) is 5.17. The first-order valence-electron chi connectivity index (χ1n) is 8.15. The lowest BCUT2D eigenvalue weighted by atomic mass is 9.86. The number of hydrogen-bond acceptors (Lipinski definition) is 2. The van der Waals surface area contributed by atoms with E-state index in [1.165, 1.54) is 6.42 Å². The quantitative estimate of drug-likeness (QED) is 0.871. The van der Waals surface area contributed by atoms with E-state index in [2.05, 4.69) is 20.8 Å². The molecule has 2 aliphatic rings. The molecule has 0 radical (unpaired) electrons. The smallest absolute Gasteiger partial charge is 0.320 e. The summed E-state index contributed by atoms with van der Waals surface area (Å²) in [6.07, 6.45) is 3.01. The molecule has 0 aromatic heterocycles. The Balaban J connectivity index is 1.90. The molecule has 5 heteroatoms. The second kappa shape index (κ2) is 6.67. The number of carboxylic acids is 1. The van der Waals surface area contributed by atoms with Crippen LogP contribution in [-0.4, -0.2) is 52.6 Å². The number of hydrogen-bond donors (Lipinski definition) is 1. The van der Waals surface area contributed by atoms with Crippen molar-refractivity contribution in [1.82, 2.24) is 9.80 Å². The van der Waals surface area contributed by atoms with Crippen molar-refractivity contribution in [3.8, 4) is 0 Å². The Bertz CT molecular complexity index is 399. The first-order chi connectivity index (χ1) is 9.88. The molecule has 120 valence electrons. The molecule has 5 nitrogen and oxygen atoms in total. The van der Waals surface area contributed by atoms with Gasteiger partial charge in [0.05, 0.1) is 0 Å². The fraction of sp³-hybridized carbons (Fsp3) is 0.875. The number of urea groups is 1. The monoisotopic (exact) mass is 296 g/mol. The predicted molar refractivity (Wildman–Crippen MR) is 81.1 cm³/mol. The van der Waals surface area contributed by atoms with Crippen LogP contribution < -0.4 is 0 Å². The third kappa shape index (κ3) is 3.89. The average Bonchev–Trinajstić information content (AvgIpc) is 2.88. The summed E-state index contributed by atoms with van der Waals surface area (Å²) in [4.78, 5) is 27.3. The minimum atomic E-state index is -0.743. The van der Waals surface area contributed by atoms with Crippen molar-refractivity contribution in [3.05, 3.63) is 0 Å². The lowest BCUT2D eigenvalue weighted by Gasteiger charge is -2.42. The Labute approximate surface area is 127 Å². The van der Waals surface area contributed by atoms with Gasteiger partial charge in [-0.05, 0) is 43.9 Å². The highest BCUT2D eigenvalue weighted by atomic mass is 16.4. The fourth-order valence-electron chi connectivity index (χ4n) is 3.72. The summed E-state index contributed by atoms with van der Waals surface area (Å²) >= 11 is 0. The standard InChI is InChI=1S/C16H28N2O3/c1-11-8-12(2)13(3)18(9-11)16(21)17-7-6-14(10-17)4-5-15(19)20/h11-14H,4-10H2,1-3H3,(H,19,20).